The van der Waals surface area contributed by atoms with Crippen LogP contribution in [0.4, 0.5) is 4.39 Å². The minimum absolute atomic E-state index is 0.0691. The van der Waals surface area contributed by atoms with Crippen molar-refractivity contribution in [1.82, 2.24) is 5.32 Å². The molecule has 3 rings (SSSR count). The minimum atomic E-state index is -0.329. The summed E-state index contributed by atoms with van der Waals surface area (Å²) in [5, 5.41) is 3.27. The van der Waals surface area contributed by atoms with Gasteiger partial charge >= 0.3 is 0 Å². The van der Waals surface area contributed by atoms with Crippen molar-refractivity contribution < 1.29 is 9.18 Å². The molecule has 1 aliphatic rings. The highest BCUT2D eigenvalue weighted by Crippen LogP contribution is 2.25. The van der Waals surface area contributed by atoms with Gasteiger partial charge in [-0.05, 0) is 41.3 Å². The molecule has 0 aromatic heterocycles. The lowest BCUT2D eigenvalue weighted by Gasteiger charge is -2.26. The lowest BCUT2D eigenvalue weighted by Crippen LogP contribution is -2.35. The molecule has 108 valence electrons. The van der Waals surface area contributed by atoms with E-state index in [4.69, 9.17) is 0 Å². The molecular weight excluding hydrogens is 333 g/mol. The molecule has 1 aliphatic heterocycles. The maximum atomic E-state index is 13.4. The van der Waals surface area contributed by atoms with E-state index in [1.807, 2.05) is 18.2 Å². The van der Waals surface area contributed by atoms with Crippen LogP contribution < -0.4 is 5.32 Å². The van der Waals surface area contributed by atoms with Gasteiger partial charge in [0.15, 0.2) is 5.78 Å². The number of ketones is 1. The molecule has 0 amide bonds. The highest BCUT2D eigenvalue weighted by atomic mass is 79.9. The summed E-state index contributed by atoms with van der Waals surface area (Å²) < 4.78 is 14.1. The number of Topliss-reactive ketones (excluding diaryl/α,β-unsaturated/α-hetero) is 1. The Bertz CT molecular complexity index is 666. The van der Waals surface area contributed by atoms with Crippen LogP contribution in [0, 0.1) is 5.82 Å². The topological polar surface area (TPSA) is 29.1 Å². The molecule has 1 N–H and O–H groups in total. The molecular formula is C17H15BrFNO. The van der Waals surface area contributed by atoms with Gasteiger partial charge in [0, 0.05) is 17.4 Å². The van der Waals surface area contributed by atoms with Crippen molar-refractivity contribution >= 4 is 21.7 Å². The standard InChI is InChI=1S/C17H15BrFNO/c18-13-7-11(8-14(19)10-13)9-16(21)17-15-4-2-1-3-12(15)5-6-20-17/h1-4,7-8,10,17,20H,5-6,9H2. The van der Waals surface area contributed by atoms with Gasteiger partial charge in [-0.25, -0.2) is 4.39 Å². The van der Waals surface area contributed by atoms with Crippen molar-refractivity contribution in [2.45, 2.75) is 18.9 Å². The zero-order chi connectivity index (χ0) is 14.8. The van der Waals surface area contributed by atoms with Crippen LogP contribution in [0.15, 0.2) is 46.9 Å². The molecule has 2 nitrogen and oxygen atoms in total. The van der Waals surface area contributed by atoms with Crippen LogP contribution in [-0.4, -0.2) is 12.3 Å². The Morgan fingerprint density at radius 2 is 2.10 bits per heavy atom. The molecule has 0 radical (unpaired) electrons. The van der Waals surface area contributed by atoms with Crippen LogP contribution in [-0.2, 0) is 17.6 Å². The average molecular weight is 348 g/mol. The highest BCUT2D eigenvalue weighted by Gasteiger charge is 2.25. The van der Waals surface area contributed by atoms with E-state index in [2.05, 4.69) is 27.3 Å². The number of carbonyl (C=O) groups excluding carboxylic acids is 1. The molecule has 4 heteroatoms. The first-order chi connectivity index (χ1) is 10.1. The second kappa shape index (κ2) is 6.08. The van der Waals surface area contributed by atoms with E-state index in [9.17, 15) is 9.18 Å². The Hall–Kier alpha value is -1.52. The van der Waals surface area contributed by atoms with Gasteiger partial charge in [0.2, 0.25) is 0 Å². The molecule has 0 fully saturated rings. The summed E-state index contributed by atoms with van der Waals surface area (Å²) in [4.78, 5) is 12.6. The first-order valence-electron chi connectivity index (χ1n) is 6.92. The van der Waals surface area contributed by atoms with Gasteiger partial charge in [0.25, 0.3) is 0 Å². The predicted octanol–water partition coefficient (Wildman–Crippen LogP) is 3.59. The van der Waals surface area contributed by atoms with Gasteiger partial charge in [0.1, 0.15) is 5.82 Å². The first kappa shape index (κ1) is 14.4. The van der Waals surface area contributed by atoms with Crippen molar-refractivity contribution in [2.24, 2.45) is 0 Å². The average Bonchev–Trinajstić information content (AvgIpc) is 2.45. The zero-order valence-corrected chi connectivity index (χ0v) is 13.0. The third-order valence-electron chi connectivity index (χ3n) is 3.73. The molecule has 1 atom stereocenters. The summed E-state index contributed by atoms with van der Waals surface area (Å²) in [5.74, 6) is -0.260. The normalized spacial score (nSPS) is 17.3. The second-order valence-corrected chi connectivity index (χ2v) is 6.17. The van der Waals surface area contributed by atoms with Gasteiger partial charge < -0.3 is 5.32 Å². The second-order valence-electron chi connectivity index (χ2n) is 5.26. The smallest absolute Gasteiger partial charge is 0.158 e. The molecule has 0 bridgehead atoms. The van der Waals surface area contributed by atoms with Crippen LogP contribution in [0.3, 0.4) is 0 Å². The van der Waals surface area contributed by atoms with Gasteiger partial charge in [-0.15, -0.1) is 0 Å². The van der Waals surface area contributed by atoms with Gasteiger partial charge in [-0.3, -0.25) is 4.79 Å². The summed E-state index contributed by atoms with van der Waals surface area (Å²) in [6, 6.07) is 12.3. The van der Waals surface area contributed by atoms with Crippen LogP contribution in [0.1, 0.15) is 22.7 Å². The van der Waals surface area contributed by atoms with E-state index in [0.717, 1.165) is 18.5 Å². The van der Waals surface area contributed by atoms with E-state index in [1.54, 1.807) is 6.07 Å². The molecule has 0 saturated heterocycles. The number of fused-ring (bicyclic) bond motifs is 1. The maximum absolute atomic E-state index is 13.4. The SMILES string of the molecule is O=C(Cc1cc(F)cc(Br)c1)C1NCCc2ccccc21. The fraction of sp³-hybridized carbons (Fsp3) is 0.235. The van der Waals surface area contributed by atoms with E-state index in [1.165, 1.54) is 17.7 Å². The fourth-order valence-electron chi connectivity index (χ4n) is 2.81. The van der Waals surface area contributed by atoms with Gasteiger partial charge in [-0.2, -0.15) is 0 Å². The third-order valence-corrected chi connectivity index (χ3v) is 4.19. The van der Waals surface area contributed by atoms with Crippen LogP contribution in [0.25, 0.3) is 0 Å². The summed E-state index contributed by atoms with van der Waals surface area (Å²) >= 11 is 3.26. The zero-order valence-electron chi connectivity index (χ0n) is 11.4. The molecule has 0 spiro atoms. The largest absolute Gasteiger partial charge is 0.303 e. The van der Waals surface area contributed by atoms with Gasteiger partial charge in [0.05, 0.1) is 6.04 Å². The van der Waals surface area contributed by atoms with Gasteiger partial charge in [-0.1, -0.05) is 40.2 Å². The van der Waals surface area contributed by atoms with Crippen molar-refractivity contribution in [3.05, 3.63) is 69.4 Å². The molecule has 1 heterocycles. The molecule has 21 heavy (non-hydrogen) atoms. The lowest BCUT2D eigenvalue weighted by molar-refractivity contribution is -0.120. The molecule has 2 aromatic rings. The van der Waals surface area contributed by atoms with Crippen molar-refractivity contribution in [2.75, 3.05) is 6.54 Å². The van der Waals surface area contributed by atoms with Crippen molar-refractivity contribution in [3.63, 3.8) is 0 Å². The minimum Gasteiger partial charge on any atom is -0.303 e. The third kappa shape index (κ3) is 3.22. The molecule has 1 unspecified atom stereocenters. The summed E-state index contributed by atoms with van der Waals surface area (Å²) in [7, 11) is 0. The monoisotopic (exact) mass is 347 g/mol. The van der Waals surface area contributed by atoms with E-state index >= 15 is 0 Å². The number of hydrogen-bond donors (Lipinski definition) is 1. The van der Waals surface area contributed by atoms with Crippen LogP contribution >= 0.6 is 15.9 Å². The van der Waals surface area contributed by atoms with Crippen molar-refractivity contribution in [1.29, 1.82) is 0 Å². The van der Waals surface area contributed by atoms with E-state index in [-0.39, 0.29) is 24.1 Å². The van der Waals surface area contributed by atoms with Crippen LogP contribution in [0.2, 0.25) is 0 Å². The molecule has 2 aromatic carbocycles. The van der Waals surface area contributed by atoms with Crippen molar-refractivity contribution in [3.8, 4) is 0 Å². The number of nitrogens with one attached hydrogen (secondary N) is 1. The Morgan fingerprint density at radius 3 is 2.90 bits per heavy atom. The van der Waals surface area contributed by atoms with E-state index < -0.39 is 0 Å². The summed E-state index contributed by atoms with van der Waals surface area (Å²) in [6.07, 6.45) is 1.16. The highest BCUT2D eigenvalue weighted by molar-refractivity contribution is 9.10. The quantitative estimate of drug-likeness (QED) is 0.919. The molecule has 0 aliphatic carbocycles. The maximum Gasteiger partial charge on any atom is 0.158 e. The van der Waals surface area contributed by atoms with Crippen LogP contribution in [0.5, 0.6) is 0 Å². The summed E-state index contributed by atoms with van der Waals surface area (Å²) in [5.41, 5.74) is 2.95. The predicted molar refractivity (Wildman–Crippen MR) is 83.7 cm³/mol. The lowest BCUT2D eigenvalue weighted by atomic mass is 9.90. The Labute approximate surface area is 131 Å². The number of halogens is 2. The number of hydrogen-bond acceptors (Lipinski definition) is 2. The fourth-order valence-corrected chi connectivity index (χ4v) is 3.32. The Morgan fingerprint density at radius 1 is 1.29 bits per heavy atom. The summed E-state index contributed by atoms with van der Waals surface area (Å²) in [6.45, 7) is 0.792. The Balaban J connectivity index is 1.83. The number of rotatable bonds is 3. The molecule has 0 saturated carbocycles. The number of carbonyl (C=O) groups is 1. The first-order valence-corrected chi connectivity index (χ1v) is 7.71. The van der Waals surface area contributed by atoms with E-state index in [0.29, 0.717) is 10.0 Å². The number of benzene rings is 2. The Kier molecular flexibility index (Phi) is 4.17.